The van der Waals surface area contributed by atoms with Gasteiger partial charge in [0.25, 0.3) is 0 Å². The van der Waals surface area contributed by atoms with E-state index in [1.165, 1.54) is 103 Å². The maximum Gasteiger partial charge on any atom is 0.306 e. The zero-order valence-electron chi connectivity index (χ0n) is 31.0. The number of rotatable bonds is 36. The standard InChI is InChI=1S/C43H76O4/c1-3-5-7-9-11-13-15-17-18-19-20-21-22-23-24-25-27-29-31-33-35-37-39-46-41-42(40-44)47-43(45)38-36-34-32-30-28-26-16-14-12-10-8-6-4-2/h6,8,12,14-15,17,19-20,26,28,42,44H,3-5,7,9-11,13,16,18,21-25,27,29-41H2,1-2H3/b8-6-,14-12-,17-15-,20-19-,28-26-. The second kappa shape index (κ2) is 40.3. The van der Waals surface area contributed by atoms with Crippen molar-refractivity contribution in [1.82, 2.24) is 0 Å². The normalized spacial score (nSPS) is 13.0. The quantitative estimate of drug-likeness (QED) is 0.0414. The van der Waals surface area contributed by atoms with Gasteiger partial charge in [-0.3, -0.25) is 4.79 Å². The van der Waals surface area contributed by atoms with Crippen LogP contribution in [0.15, 0.2) is 60.8 Å². The van der Waals surface area contributed by atoms with Crippen LogP contribution in [0.3, 0.4) is 0 Å². The van der Waals surface area contributed by atoms with Crippen molar-refractivity contribution in [3.8, 4) is 0 Å². The first-order chi connectivity index (χ1) is 23.2. The van der Waals surface area contributed by atoms with Crippen LogP contribution in [0.5, 0.6) is 0 Å². The third-order valence-corrected chi connectivity index (χ3v) is 8.33. The molecule has 0 radical (unpaired) electrons. The van der Waals surface area contributed by atoms with Crippen LogP contribution in [-0.2, 0) is 14.3 Å². The topological polar surface area (TPSA) is 55.8 Å². The van der Waals surface area contributed by atoms with Gasteiger partial charge in [0.15, 0.2) is 0 Å². The van der Waals surface area contributed by atoms with Crippen LogP contribution in [0.4, 0.5) is 0 Å². The van der Waals surface area contributed by atoms with Crippen molar-refractivity contribution in [3.05, 3.63) is 60.8 Å². The lowest BCUT2D eigenvalue weighted by atomic mass is 10.1. The Hall–Kier alpha value is -1.91. The number of hydrogen-bond acceptors (Lipinski definition) is 4. The van der Waals surface area contributed by atoms with Crippen LogP contribution in [0.1, 0.15) is 181 Å². The summed E-state index contributed by atoms with van der Waals surface area (Å²) < 4.78 is 11.1. The molecule has 0 amide bonds. The number of allylic oxidation sites excluding steroid dienone is 10. The lowest BCUT2D eigenvalue weighted by Crippen LogP contribution is -2.27. The Morgan fingerprint density at radius 1 is 0.532 bits per heavy atom. The van der Waals surface area contributed by atoms with Gasteiger partial charge < -0.3 is 14.6 Å². The van der Waals surface area contributed by atoms with Crippen molar-refractivity contribution < 1.29 is 19.4 Å². The van der Waals surface area contributed by atoms with Gasteiger partial charge in [-0.2, -0.15) is 0 Å². The minimum absolute atomic E-state index is 0.187. The van der Waals surface area contributed by atoms with E-state index in [9.17, 15) is 9.90 Å². The molecule has 0 aromatic rings. The average Bonchev–Trinajstić information content (AvgIpc) is 3.08. The van der Waals surface area contributed by atoms with Crippen LogP contribution < -0.4 is 0 Å². The molecule has 0 saturated carbocycles. The van der Waals surface area contributed by atoms with Crippen LogP contribution in [-0.4, -0.2) is 37.0 Å². The van der Waals surface area contributed by atoms with Crippen molar-refractivity contribution in [1.29, 1.82) is 0 Å². The smallest absolute Gasteiger partial charge is 0.306 e. The molecule has 47 heavy (non-hydrogen) atoms. The number of aliphatic hydroxyl groups is 1. The van der Waals surface area contributed by atoms with Crippen molar-refractivity contribution >= 4 is 5.97 Å². The van der Waals surface area contributed by atoms with E-state index in [0.29, 0.717) is 13.0 Å². The van der Waals surface area contributed by atoms with Gasteiger partial charge in [0.2, 0.25) is 0 Å². The molecule has 0 rings (SSSR count). The summed E-state index contributed by atoms with van der Waals surface area (Å²) in [5.41, 5.74) is 0. The lowest BCUT2D eigenvalue weighted by molar-refractivity contribution is -0.154. The summed E-state index contributed by atoms with van der Waals surface area (Å²) in [6.45, 7) is 5.18. The van der Waals surface area contributed by atoms with Crippen LogP contribution in [0.25, 0.3) is 0 Å². The Morgan fingerprint density at radius 2 is 0.957 bits per heavy atom. The summed E-state index contributed by atoms with van der Waals surface area (Å²) in [6, 6.07) is 0. The molecule has 0 aromatic heterocycles. The van der Waals surface area contributed by atoms with E-state index < -0.39 is 6.10 Å². The third-order valence-electron chi connectivity index (χ3n) is 8.33. The summed E-state index contributed by atoms with van der Waals surface area (Å²) in [6.07, 6.45) is 52.8. The van der Waals surface area contributed by atoms with Gasteiger partial charge in [0.1, 0.15) is 6.10 Å². The zero-order valence-corrected chi connectivity index (χ0v) is 31.0. The fourth-order valence-electron chi connectivity index (χ4n) is 5.37. The molecular weight excluding hydrogens is 580 g/mol. The second-order valence-corrected chi connectivity index (χ2v) is 13.0. The summed E-state index contributed by atoms with van der Waals surface area (Å²) >= 11 is 0. The van der Waals surface area contributed by atoms with E-state index >= 15 is 0 Å². The number of aliphatic hydroxyl groups excluding tert-OH is 1. The van der Waals surface area contributed by atoms with Crippen LogP contribution in [0, 0.1) is 0 Å². The molecule has 4 heteroatoms. The van der Waals surface area contributed by atoms with Gasteiger partial charge >= 0.3 is 5.97 Å². The first-order valence-electron chi connectivity index (χ1n) is 19.9. The van der Waals surface area contributed by atoms with E-state index in [0.717, 1.165) is 57.8 Å². The third kappa shape index (κ3) is 38.4. The predicted octanol–water partition coefficient (Wildman–Crippen LogP) is 12.9. The first-order valence-corrected chi connectivity index (χ1v) is 19.9. The van der Waals surface area contributed by atoms with Gasteiger partial charge in [-0.05, 0) is 77.0 Å². The number of carbonyl (C=O) groups excluding carboxylic acids is 1. The summed E-state index contributed by atoms with van der Waals surface area (Å²) in [7, 11) is 0. The molecule has 0 fully saturated rings. The highest BCUT2D eigenvalue weighted by molar-refractivity contribution is 5.69. The second-order valence-electron chi connectivity index (χ2n) is 13.0. The fraction of sp³-hybridized carbons (Fsp3) is 0.744. The lowest BCUT2D eigenvalue weighted by Gasteiger charge is -2.15. The van der Waals surface area contributed by atoms with E-state index in [1.54, 1.807) is 0 Å². The van der Waals surface area contributed by atoms with Crippen molar-refractivity contribution in [2.24, 2.45) is 0 Å². The molecule has 1 atom stereocenters. The molecule has 0 aliphatic carbocycles. The zero-order chi connectivity index (χ0) is 34.1. The van der Waals surface area contributed by atoms with Crippen molar-refractivity contribution in [2.45, 2.75) is 187 Å². The van der Waals surface area contributed by atoms with Crippen LogP contribution >= 0.6 is 0 Å². The largest absolute Gasteiger partial charge is 0.457 e. The molecule has 0 aromatic carbocycles. The molecule has 272 valence electrons. The van der Waals surface area contributed by atoms with Gasteiger partial charge in [-0.1, -0.05) is 158 Å². The minimum Gasteiger partial charge on any atom is -0.457 e. The van der Waals surface area contributed by atoms with Gasteiger partial charge in [-0.15, -0.1) is 0 Å². The van der Waals surface area contributed by atoms with Gasteiger partial charge in [0, 0.05) is 13.0 Å². The number of ether oxygens (including phenoxy) is 2. The molecule has 0 aliphatic rings. The summed E-state index contributed by atoms with van der Waals surface area (Å²) in [5.74, 6) is -0.232. The number of esters is 1. The molecule has 0 heterocycles. The molecule has 0 spiro atoms. The molecule has 0 saturated heterocycles. The highest BCUT2D eigenvalue weighted by Gasteiger charge is 2.13. The van der Waals surface area contributed by atoms with E-state index in [-0.39, 0.29) is 19.2 Å². The minimum atomic E-state index is -0.552. The maximum absolute atomic E-state index is 12.1. The number of carbonyl (C=O) groups is 1. The van der Waals surface area contributed by atoms with E-state index in [2.05, 4.69) is 74.6 Å². The van der Waals surface area contributed by atoms with Crippen molar-refractivity contribution in [3.63, 3.8) is 0 Å². The predicted molar refractivity (Wildman–Crippen MR) is 205 cm³/mol. The van der Waals surface area contributed by atoms with Gasteiger partial charge in [0.05, 0.1) is 13.2 Å². The Labute approximate surface area is 292 Å². The maximum atomic E-state index is 12.1. The molecule has 0 bridgehead atoms. The number of hydrogen-bond donors (Lipinski definition) is 1. The van der Waals surface area contributed by atoms with E-state index in [1.807, 2.05) is 0 Å². The molecule has 4 nitrogen and oxygen atoms in total. The van der Waals surface area contributed by atoms with Gasteiger partial charge in [-0.25, -0.2) is 0 Å². The van der Waals surface area contributed by atoms with E-state index in [4.69, 9.17) is 9.47 Å². The first kappa shape index (κ1) is 45.1. The summed E-state index contributed by atoms with van der Waals surface area (Å²) in [4.78, 5) is 12.1. The summed E-state index contributed by atoms with van der Waals surface area (Å²) in [5, 5.41) is 9.56. The molecule has 1 N–H and O–H groups in total. The molecular formula is C43H76O4. The fourth-order valence-corrected chi connectivity index (χ4v) is 5.37. The highest BCUT2D eigenvalue weighted by Crippen LogP contribution is 2.12. The Balaban J connectivity index is 3.46. The molecule has 1 unspecified atom stereocenters. The monoisotopic (exact) mass is 657 g/mol. The Morgan fingerprint density at radius 3 is 1.45 bits per heavy atom. The van der Waals surface area contributed by atoms with Crippen molar-refractivity contribution in [2.75, 3.05) is 19.8 Å². The average molecular weight is 657 g/mol. The number of unbranched alkanes of at least 4 members (excludes halogenated alkanes) is 18. The SMILES string of the molecule is CC/C=C\C/C=C\C/C=C\CCCCCC(=O)OC(CO)COCCCCCCCCCCCC/C=C\C/C=C\CCCCCCC. The Bertz CT molecular complexity index is 779. The molecule has 0 aliphatic heterocycles. The highest BCUT2D eigenvalue weighted by atomic mass is 16.6. The Kier molecular flexibility index (Phi) is 38.6. The van der Waals surface area contributed by atoms with Crippen LogP contribution in [0.2, 0.25) is 0 Å².